The average Bonchev–Trinajstić information content (AvgIpc) is 3.37. The van der Waals surface area contributed by atoms with Crippen molar-refractivity contribution in [3.05, 3.63) is 48.3 Å². The lowest BCUT2D eigenvalue weighted by Crippen LogP contribution is -2.51. The second kappa shape index (κ2) is 7.23. The smallest absolute Gasteiger partial charge is 0.243 e. The van der Waals surface area contributed by atoms with Crippen LogP contribution in [0, 0.1) is 0 Å². The van der Waals surface area contributed by atoms with Gasteiger partial charge in [-0.1, -0.05) is 18.2 Å². The number of aryl methyl sites for hydroxylation is 1. The van der Waals surface area contributed by atoms with Crippen molar-refractivity contribution in [3.63, 3.8) is 0 Å². The van der Waals surface area contributed by atoms with Gasteiger partial charge in [-0.05, 0) is 25.0 Å². The number of hydrogen-bond acceptors (Lipinski definition) is 6. The summed E-state index contributed by atoms with van der Waals surface area (Å²) >= 11 is 0. The van der Waals surface area contributed by atoms with Crippen molar-refractivity contribution in [2.75, 3.05) is 19.6 Å². The third-order valence-electron chi connectivity index (χ3n) is 5.51. The summed E-state index contributed by atoms with van der Waals surface area (Å²) in [6, 6.07) is 8.47. The number of hydrogen-bond donors (Lipinski definition) is 2. The van der Waals surface area contributed by atoms with E-state index in [0.29, 0.717) is 12.6 Å². The van der Waals surface area contributed by atoms with E-state index in [9.17, 15) is 18.6 Å². The normalized spacial score (nSPS) is 26.2. The van der Waals surface area contributed by atoms with Crippen LogP contribution in [-0.4, -0.2) is 75.0 Å². The van der Waals surface area contributed by atoms with Gasteiger partial charge < -0.3 is 10.2 Å². The number of aliphatic hydroxyl groups is 2. The highest BCUT2D eigenvalue weighted by Gasteiger charge is 2.50. The second-order valence-electron chi connectivity index (χ2n) is 7.89. The highest BCUT2D eigenvalue weighted by Crippen LogP contribution is 2.34. The number of rotatable bonds is 7. The molecular formula is C19H26N4O4S. The fraction of sp³-hybridized carbons (Fsp3) is 0.526. The maximum absolute atomic E-state index is 12.9. The number of β-amino-alcohol motifs (C(OH)–C–C–N with tert-alkyl or cyclic N) is 2. The monoisotopic (exact) mass is 406 g/mol. The van der Waals surface area contributed by atoms with Crippen LogP contribution in [0.4, 0.5) is 0 Å². The largest absolute Gasteiger partial charge is 0.389 e. The summed E-state index contributed by atoms with van der Waals surface area (Å²) in [5.74, 6) is 0. The predicted molar refractivity (Wildman–Crippen MR) is 103 cm³/mol. The molecule has 8 nitrogen and oxygen atoms in total. The van der Waals surface area contributed by atoms with Gasteiger partial charge in [-0.3, -0.25) is 9.58 Å². The van der Waals surface area contributed by atoms with Gasteiger partial charge in [0.1, 0.15) is 5.60 Å². The van der Waals surface area contributed by atoms with Crippen LogP contribution in [0.1, 0.15) is 18.4 Å². The van der Waals surface area contributed by atoms with E-state index in [1.165, 1.54) is 16.4 Å². The molecule has 2 aromatic rings. The minimum absolute atomic E-state index is 0.112. The molecular weight excluding hydrogens is 380 g/mol. The molecule has 9 heteroatoms. The van der Waals surface area contributed by atoms with E-state index < -0.39 is 21.7 Å². The van der Waals surface area contributed by atoms with Crippen LogP contribution < -0.4 is 0 Å². The molecule has 2 heterocycles. The van der Waals surface area contributed by atoms with Gasteiger partial charge in [-0.2, -0.15) is 9.40 Å². The molecule has 0 spiro atoms. The molecule has 152 valence electrons. The molecule has 1 saturated carbocycles. The molecule has 2 atom stereocenters. The van der Waals surface area contributed by atoms with Gasteiger partial charge in [0.2, 0.25) is 10.0 Å². The lowest BCUT2D eigenvalue weighted by atomic mass is 9.99. The molecule has 2 N–H and O–H groups in total. The summed E-state index contributed by atoms with van der Waals surface area (Å²) in [5, 5.41) is 25.9. The molecule has 1 aromatic carbocycles. The fourth-order valence-corrected chi connectivity index (χ4v) is 5.34. The summed E-state index contributed by atoms with van der Waals surface area (Å²) in [7, 11) is -1.90. The molecule has 0 bridgehead atoms. The Bertz CT molecular complexity index is 928. The van der Waals surface area contributed by atoms with Crippen molar-refractivity contribution >= 4 is 10.0 Å². The Morgan fingerprint density at radius 1 is 1.29 bits per heavy atom. The topological polar surface area (TPSA) is 98.9 Å². The van der Waals surface area contributed by atoms with Gasteiger partial charge >= 0.3 is 0 Å². The van der Waals surface area contributed by atoms with Gasteiger partial charge in [0.15, 0.2) is 0 Å². The third kappa shape index (κ3) is 3.85. The van der Waals surface area contributed by atoms with Crippen molar-refractivity contribution in [1.82, 2.24) is 19.0 Å². The van der Waals surface area contributed by atoms with E-state index in [4.69, 9.17) is 0 Å². The summed E-state index contributed by atoms with van der Waals surface area (Å²) in [6.07, 6.45) is 4.66. The Morgan fingerprint density at radius 3 is 2.61 bits per heavy atom. The molecule has 0 unspecified atom stereocenters. The first-order valence-corrected chi connectivity index (χ1v) is 10.9. The maximum atomic E-state index is 12.9. The third-order valence-corrected chi connectivity index (χ3v) is 7.34. The number of sulfonamides is 1. The number of nitrogens with zero attached hydrogens (tertiary/aromatic N) is 4. The highest BCUT2D eigenvalue weighted by molar-refractivity contribution is 7.89. The van der Waals surface area contributed by atoms with Gasteiger partial charge in [-0.15, -0.1) is 0 Å². The van der Waals surface area contributed by atoms with Crippen LogP contribution in [-0.2, 0) is 23.6 Å². The number of benzene rings is 1. The van der Waals surface area contributed by atoms with Crippen LogP contribution in [0.3, 0.4) is 0 Å². The Hall–Kier alpha value is -1.78. The van der Waals surface area contributed by atoms with Crippen molar-refractivity contribution in [3.8, 4) is 0 Å². The standard InChI is InChI=1S/C19H26N4O4S/c1-21-10-15(9-20-21)11-22(16-7-8-16)13-19(25)14-23(12-18(19)24)28(26,27)17-5-3-2-4-6-17/h2-6,9-10,16,18,24-25H,7-8,11-14H2,1H3/t18-,19+/m1/s1. The average molecular weight is 407 g/mol. The number of aromatic nitrogens is 2. The molecule has 28 heavy (non-hydrogen) atoms. The van der Waals surface area contributed by atoms with Gasteiger partial charge in [0.25, 0.3) is 0 Å². The van der Waals surface area contributed by atoms with E-state index in [1.54, 1.807) is 29.1 Å². The predicted octanol–water partition coefficient (Wildman–Crippen LogP) is 0.181. The van der Waals surface area contributed by atoms with E-state index in [1.807, 2.05) is 13.2 Å². The number of aliphatic hydroxyl groups excluding tert-OH is 1. The van der Waals surface area contributed by atoms with Crippen LogP contribution in [0.5, 0.6) is 0 Å². The summed E-state index contributed by atoms with van der Waals surface area (Å²) in [4.78, 5) is 2.29. The summed E-state index contributed by atoms with van der Waals surface area (Å²) in [5.41, 5.74) is -0.480. The minimum Gasteiger partial charge on any atom is -0.389 e. The zero-order chi connectivity index (χ0) is 19.9. The van der Waals surface area contributed by atoms with Crippen LogP contribution >= 0.6 is 0 Å². The van der Waals surface area contributed by atoms with E-state index in [0.717, 1.165) is 18.4 Å². The molecule has 1 aromatic heterocycles. The van der Waals surface area contributed by atoms with Crippen LogP contribution in [0.25, 0.3) is 0 Å². The fourth-order valence-electron chi connectivity index (χ4n) is 3.81. The van der Waals surface area contributed by atoms with E-state index in [-0.39, 0.29) is 24.5 Å². The Labute approximate surface area is 165 Å². The van der Waals surface area contributed by atoms with Crippen molar-refractivity contribution in [2.24, 2.45) is 7.05 Å². The van der Waals surface area contributed by atoms with E-state index >= 15 is 0 Å². The van der Waals surface area contributed by atoms with Crippen molar-refractivity contribution in [2.45, 2.75) is 42.0 Å². The van der Waals surface area contributed by atoms with Crippen molar-refractivity contribution in [1.29, 1.82) is 0 Å². The molecule has 1 saturated heterocycles. The van der Waals surface area contributed by atoms with E-state index in [2.05, 4.69) is 10.00 Å². The Morgan fingerprint density at radius 2 is 2.00 bits per heavy atom. The highest BCUT2D eigenvalue weighted by atomic mass is 32.2. The van der Waals surface area contributed by atoms with Crippen molar-refractivity contribution < 1.29 is 18.6 Å². The van der Waals surface area contributed by atoms with Crippen LogP contribution in [0.15, 0.2) is 47.6 Å². The molecule has 2 fully saturated rings. The Kier molecular flexibility index (Phi) is 5.05. The lowest BCUT2D eigenvalue weighted by molar-refractivity contribution is -0.0638. The first kappa shape index (κ1) is 19.5. The first-order chi connectivity index (χ1) is 13.3. The first-order valence-electron chi connectivity index (χ1n) is 9.45. The molecule has 1 aliphatic carbocycles. The van der Waals surface area contributed by atoms with Gasteiger partial charge in [0.05, 0.1) is 17.2 Å². The molecule has 1 aliphatic heterocycles. The zero-order valence-electron chi connectivity index (χ0n) is 15.8. The van der Waals surface area contributed by atoms with Gasteiger partial charge in [-0.25, -0.2) is 8.42 Å². The summed E-state index contributed by atoms with van der Waals surface area (Å²) in [6.45, 7) is 0.592. The quantitative estimate of drug-likeness (QED) is 0.681. The Balaban J connectivity index is 1.50. The summed E-state index contributed by atoms with van der Waals surface area (Å²) < 4.78 is 28.7. The molecule has 0 radical (unpaired) electrons. The van der Waals surface area contributed by atoms with Crippen LogP contribution in [0.2, 0.25) is 0 Å². The van der Waals surface area contributed by atoms with Gasteiger partial charge in [0, 0.05) is 51.0 Å². The molecule has 0 amide bonds. The second-order valence-corrected chi connectivity index (χ2v) is 9.83. The maximum Gasteiger partial charge on any atom is 0.243 e. The SMILES string of the molecule is Cn1cc(CN(C[C@]2(O)CN(S(=O)(=O)c3ccccc3)C[C@H]2O)C2CC2)cn1. The lowest BCUT2D eigenvalue weighted by Gasteiger charge is -2.33. The minimum atomic E-state index is -3.76. The molecule has 2 aliphatic rings. The zero-order valence-corrected chi connectivity index (χ0v) is 16.7. The molecule has 4 rings (SSSR count).